The van der Waals surface area contributed by atoms with Gasteiger partial charge in [-0.15, -0.1) is 0 Å². The Balaban J connectivity index is 1.72. The molecule has 0 saturated heterocycles. The smallest absolute Gasteiger partial charge is 0.248 e. The molecular formula is C15H16F2N2. The maximum atomic E-state index is 13.1. The second-order valence-electron chi connectivity index (χ2n) is 5.38. The lowest BCUT2D eigenvalue weighted by Crippen LogP contribution is -2.25. The zero-order chi connectivity index (χ0) is 13.3. The maximum absolute atomic E-state index is 13.1. The number of rotatable bonds is 2. The van der Waals surface area contributed by atoms with E-state index in [0.717, 1.165) is 17.5 Å². The van der Waals surface area contributed by atoms with Crippen molar-refractivity contribution in [1.82, 2.24) is 9.97 Å². The Kier molecular flexibility index (Phi) is 3.17. The van der Waals surface area contributed by atoms with E-state index < -0.39 is 5.92 Å². The van der Waals surface area contributed by atoms with Crippen LogP contribution >= 0.6 is 0 Å². The lowest BCUT2D eigenvalue weighted by atomic mass is 9.83. The lowest BCUT2D eigenvalue weighted by molar-refractivity contribution is -0.0456. The summed E-state index contributed by atoms with van der Waals surface area (Å²) in [5, 5.41) is 0. The summed E-state index contributed by atoms with van der Waals surface area (Å²) in [5.41, 5.74) is 2.92. The van der Waals surface area contributed by atoms with E-state index >= 15 is 0 Å². The van der Waals surface area contributed by atoms with Crippen LogP contribution in [0, 0.1) is 5.92 Å². The van der Waals surface area contributed by atoms with E-state index in [1.165, 1.54) is 5.56 Å². The molecular weight excluding hydrogens is 246 g/mol. The summed E-state index contributed by atoms with van der Waals surface area (Å²) in [4.78, 5) is 8.50. The Hall–Kier alpha value is -1.58. The summed E-state index contributed by atoms with van der Waals surface area (Å²) >= 11 is 0. The summed E-state index contributed by atoms with van der Waals surface area (Å²) in [6.07, 6.45) is 5.51. The average molecular weight is 262 g/mol. The van der Waals surface area contributed by atoms with Gasteiger partial charge in [0.25, 0.3) is 0 Å². The number of fused-ring (bicyclic) bond motifs is 1. The van der Waals surface area contributed by atoms with Crippen LogP contribution in [0.1, 0.15) is 31.2 Å². The molecule has 0 amide bonds. The predicted octanol–water partition coefficient (Wildman–Crippen LogP) is 4.00. The zero-order valence-electron chi connectivity index (χ0n) is 10.6. The highest BCUT2D eigenvalue weighted by Gasteiger charge is 2.34. The molecule has 0 aliphatic heterocycles. The van der Waals surface area contributed by atoms with Crippen molar-refractivity contribution < 1.29 is 8.78 Å². The molecule has 0 unspecified atom stereocenters. The standard InChI is InChI=1S/C15H16F2N2/c16-15(17)5-3-11(4-6-15)9-12-1-2-13-14(10-12)19-8-7-18-13/h1-2,7-8,10-11H,3-6,9H2. The van der Waals surface area contributed by atoms with Gasteiger partial charge in [0.05, 0.1) is 11.0 Å². The minimum atomic E-state index is -2.44. The van der Waals surface area contributed by atoms with Crippen molar-refractivity contribution in [2.45, 2.75) is 38.0 Å². The Morgan fingerprint density at radius 3 is 2.47 bits per heavy atom. The van der Waals surface area contributed by atoms with Gasteiger partial charge < -0.3 is 0 Å². The molecule has 1 aromatic carbocycles. The van der Waals surface area contributed by atoms with Crippen molar-refractivity contribution in [3.63, 3.8) is 0 Å². The van der Waals surface area contributed by atoms with Gasteiger partial charge in [-0.3, -0.25) is 9.97 Å². The van der Waals surface area contributed by atoms with Gasteiger partial charge in [-0.25, -0.2) is 8.78 Å². The Labute approximate surface area is 110 Å². The molecule has 1 aliphatic carbocycles. The van der Waals surface area contributed by atoms with Crippen LogP contribution in [-0.2, 0) is 6.42 Å². The largest absolute Gasteiger partial charge is 0.253 e. The van der Waals surface area contributed by atoms with E-state index in [9.17, 15) is 8.78 Å². The quantitative estimate of drug-likeness (QED) is 0.817. The van der Waals surface area contributed by atoms with E-state index in [1.807, 2.05) is 18.2 Å². The van der Waals surface area contributed by atoms with Crippen LogP contribution in [0.15, 0.2) is 30.6 Å². The fourth-order valence-electron chi connectivity index (χ4n) is 2.77. The number of hydrogen-bond donors (Lipinski definition) is 0. The van der Waals surface area contributed by atoms with Crippen LogP contribution in [0.2, 0.25) is 0 Å². The second kappa shape index (κ2) is 4.83. The Morgan fingerprint density at radius 1 is 1.05 bits per heavy atom. The van der Waals surface area contributed by atoms with Crippen molar-refractivity contribution in [3.05, 3.63) is 36.2 Å². The molecule has 0 atom stereocenters. The normalized spacial score (nSPS) is 19.7. The van der Waals surface area contributed by atoms with Gasteiger partial charge in [0.1, 0.15) is 0 Å². The predicted molar refractivity (Wildman–Crippen MR) is 70.1 cm³/mol. The average Bonchev–Trinajstić information content (AvgIpc) is 2.41. The third kappa shape index (κ3) is 2.88. The molecule has 1 heterocycles. The van der Waals surface area contributed by atoms with Gasteiger partial charge in [0, 0.05) is 25.2 Å². The lowest BCUT2D eigenvalue weighted by Gasteiger charge is -2.28. The molecule has 0 radical (unpaired) electrons. The van der Waals surface area contributed by atoms with Crippen molar-refractivity contribution in [1.29, 1.82) is 0 Å². The number of hydrogen-bond acceptors (Lipinski definition) is 2. The van der Waals surface area contributed by atoms with Crippen LogP contribution in [-0.4, -0.2) is 15.9 Å². The number of aromatic nitrogens is 2. The van der Waals surface area contributed by atoms with Crippen molar-refractivity contribution >= 4 is 11.0 Å². The first kappa shape index (κ1) is 12.5. The SMILES string of the molecule is FC1(F)CCC(Cc2ccc3nccnc3c2)CC1. The second-order valence-corrected chi connectivity index (χ2v) is 5.38. The molecule has 0 N–H and O–H groups in total. The molecule has 1 aromatic heterocycles. The summed E-state index contributed by atoms with van der Waals surface area (Å²) in [7, 11) is 0. The summed E-state index contributed by atoms with van der Waals surface area (Å²) in [5.74, 6) is -2.07. The summed E-state index contributed by atoms with van der Waals surface area (Å²) in [6.45, 7) is 0. The topological polar surface area (TPSA) is 25.8 Å². The van der Waals surface area contributed by atoms with Crippen LogP contribution in [0.5, 0.6) is 0 Å². The van der Waals surface area contributed by atoms with E-state index in [2.05, 4.69) is 9.97 Å². The molecule has 100 valence electrons. The third-order valence-corrected chi connectivity index (χ3v) is 3.89. The molecule has 1 fully saturated rings. The molecule has 1 saturated carbocycles. The highest BCUT2D eigenvalue weighted by Crippen LogP contribution is 2.37. The van der Waals surface area contributed by atoms with E-state index in [0.29, 0.717) is 18.8 Å². The Bertz CT molecular complexity index is 573. The minimum Gasteiger partial charge on any atom is -0.253 e. The van der Waals surface area contributed by atoms with E-state index in [-0.39, 0.29) is 12.8 Å². The molecule has 1 aliphatic rings. The van der Waals surface area contributed by atoms with E-state index in [1.54, 1.807) is 12.4 Å². The van der Waals surface area contributed by atoms with Gasteiger partial charge >= 0.3 is 0 Å². The molecule has 4 heteroatoms. The van der Waals surface area contributed by atoms with E-state index in [4.69, 9.17) is 0 Å². The number of alkyl halides is 2. The fourth-order valence-corrected chi connectivity index (χ4v) is 2.77. The third-order valence-electron chi connectivity index (χ3n) is 3.89. The van der Waals surface area contributed by atoms with Crippen molar-refractivity contribution in [3.8, 4) is 0 Å². The molecule has 2 aromatic rings. The molecule has 0 bridgehead atoms. The molecule has 3 rings (SSSR count). The minimum absolute atomic E-state index is 0.0328. The summed E-state index contributed by atoms with van der Waals surface area (Å²) in [6, 6.07) is 6.01. The number of nitrogens with zero attached hydrogens (tertiary/aromatic N) is 2. The van der Waals surface area contributed by atoms with Gasteiger partial charge in [-0.05, 0) is 42.9 Å². The molecule has 19 heavy (non-hydrogen) atoms. The van der Waals surface area contributed by atoms with Gasteiger partial charge in [-0.2, -0.15) is 0 Å². The van der Waals surface area contributed by atoms with Gasteiger partial charge in [0.15, 0.2) is 0 Å². The molecule has 0 spiro atoms. The first-order valence-electron chi connectivity index (χ1n) is 6.70. The first-order valence-corrected chi connectivity index (χ1v) is 6.70. The van der Waals surface area contributed by atoms with Crippen LogP contribution in [0.25, 0.3) is 11.0 Å². The van der Waals surface area contributed by atoms with Gasteiger partial charge in [-0.1, -0.05) is 6.07 Å². The highest BCUT2D eigenvalue weighted by atomic mass is 19.3. The van der Waals surface area contributed by atoms with Crippen molar-refractivity contribution in [2.75, 3.05) is 0 Å². The highest BCUT2D eigenvalue weighted by molar-refractivity contribution is 5.74. The van der Waals surface area contributed by atoms with Crippen molar-refractivity contribution in [2.24, 2.45) is 5.92 Å². The zero-order valence-corrected chi connectivity index (χ0v) is 10.6. The number of halogens is 2. The summed E-state index contributed by atoms with van der Waals surface area (Å²) < 4.78 is 26.2. The Morgan fingerprint density at radius 2 is 1.74 bits per heavy atom. The van der Waals surface area contributed by atoms with Crippen LogP contribution in [0.3, 0.4) is 0 Å². The number of benzene rings is 1. The molecule has 2 nitrogen and oxygen atoms in total. The first-order chi connectivity index (χ1) is 9.12. The fraction of sp³-hybridized carbons (Fsp3) is 0.467. The maximum Gasteiger partial charge on any atom is 0.248 e. The van der Waals surface area contributed by atoms with Crippen LogP contribution in [0.4, 0.5) is 8.78 Å². The monoisotopic (exact) mass is 262 g/mol. The van der Waals surface area contributed by atoms with Crippen LogP contribution < -0.4 is 0 Å². The van der Waals surface area contributed by atoms with Gasteiger partial charge in [0.2, 0.25) is 5.92 Å².